The number of sulfonamides is 1. The maximum absolute atomic E-state index is 13.0. The lowest BCUT2D eigenvalue weighted by Crippen LogP contribution is -2.12. The fourth-order valence-electron chi connectivity index (χ4n) is 2.05. The van der Waals surface area contributed by atoms with E-state index in [1.807, 2.05) is 6.92 Å². The molecule has 0 bridgehead atoms. The van der Waals surface area contributed by atoms with Gasteiger partial charge in [-0.2, -0.15) is 5.10 Å². The van der Waals surface area contributed by atoms with Crippen LogP contribution in [-0.2, 0) is 10.0 Å². The molecule has 0 radical (unpaired) electrons. The molecule has 8 nitrogen and oxygen atoms in total. The number of nitrogens with two attached hydrogens (primary N) is 1. The van der Waals surface area contributed by atoms with Gasteiger partial charge in [0.15, 0.2) is 0 Å². The Morgan fingerprint density at radius 2 is 1.92 bits per heavy atom. The summed E-state index contributed by atoms with van der Waals surface area (Å²) in [6.45, 7) is 1.82. The Morgan fingerprint density at radius 3 is 2.44 bits per heavy atom. The number of hydrogen-bond acceptors (Lipinski definition) is 6. The van der Waals surface area contributed by atoms with Crippen LogP contribution in [0.25, 0.3) is 0 Å². The zero-order valence-electron chi connectivity index (χ0n) is 13.1. The van der Waals surface area contributed by atoms with Crippen LogP contribution in [0.4, 0.5) is 15.8 Å². The van der Waals surface area contributed by atoms with E-state index in [1.54, 1.807) is 0 Å². The number of nitro benzene ring substituents is 1. The SMILES string of the molecule is CC/C(=N/Nc1ccc(S(N)(=O)=O)cc1[N+](=O)[O-])c1ccc(F)cc1. The van der Waals surface area contributed by atoms with E-state index in [0.29, 0.717) is 17.7 Å². The van der Waals surface area contributed by atoms with E-state index in [0.717, 1.165) is 12.1 Å². The van der Waals surface area contributed by atoms with Crippen LogP contribution in [0.15, 0.2) is 52.5 Å². The predicted octanol–water partition coefficient (Wildman–Crippen LogP) is 2.61. The number of anilines is 1. The van der Waals surface area contributed by atoms with Crippen LogP contribution < -0.4 is 10.6 Å². The summed E-state index contributed by atoms with van der Waals surface area (Å²) in [5.41, 5.74) is 3.28. The summed E-state index contributed by atoms with van der Waals surface area (Å²) in [6, 6.07) is 8.85. The standard InChI is InChI=1S/C15H15FN4O4S/c1-2-13(10-3-5-11(16)6-4-10)18-19-14-8-7-12(25(17,23)24)9-15(14)20(21)22/h3-9,19H,2H2,1H3,(H2,17,23,24)/b18-13-. The van der Waals surface area contributed by atoms with Gasteiger partial charge in [0.25, 0.3) is 5.69 Å². The van der Waals surface area contributed by atoms with Gasteiger partial charge >= 0.3 is 0 Å². The van der Waals surface area contributed by atoms with E-state index in [9.17, 15) is 22.9 Å². The highest BCUT2D eigenvalue weighted by Gasteiger charge is 2.19. The Balaban J connectivity index is 2.38. The van der Waals surface area contributed by atoms with Crippen LogP contribution in [0.5, 0.6) is 0 Å². The van der Waals surface area contributed by atoms with Crippen molar-refractivity contribution in [3.63, 3.8) is 0 Å². The number of rotatable bonds is 6. The van der Waals surface area contributed by atoms with Crippen LogP contribution in [0.2, 0.25) is 0 Å². The van der Waals surface area contributed by atoms with Crippen LogP contribution in [-0.4, -0.2) is 19.1 Å². The second-order valence-electron chi connectivity index (χ2n) is 5.01. The first-order valence-electron chi connectivity index (χ1n) is 7.12. The highest BCUT2D eigenvalue weighted by Crippen LogP contribution is 2.27. The Bertz CT molecular complexity index is 927. The zero-order chi connectivity index (χ0) is 18.6. The van der Waals surface area contributed by atoms with Gasteiger partial charge in [0, 0.05) is 6.07 Å². The molecule has 0 aliphatic heterocycles. The minimum Gasteiger partial charge on any atom is -0.271 e. The molecule has 3 N–H and O–H groups in total. The van der Waals surface area contributed by atoms with E-state index in [4.69, 9.17) is 5.14 Å². The van der Waals surface area contributed by atoms with Crippen molar-refractivity contribution in [3.05, 3.63) is 64.0 Å². The maximum atomic E-state index is 13.0. The number of nitrogens with one attached hydrogen (secondary N) is 1. The lowest BCUT2D eigenvalue weighted by atomic mass is 10.1. The molecule has 0 heterocycles. The second-order valence-corrected chi connectivity index (χ2v) is 6.57. The molecule has 0 aromatic heterocycles. The average Bonchev–Trinajstić information content (AvgIpc) is 2.56. The van der Waals surface area contributed by atoms with E-state index in [2.05, 4.69) is 10.5 Å². The molecule has 0 unspecified atom stereocenters. The van der Waals surface area contributed by atoms with Crippen molar-refractivity contribution in [1.82, 2.24) is 0 Å². The molecule has 0 aliphatic carbocycles. The third-order valence-corrected chi connectivity index (χ3v) is 4.23. The molecule has 0 amide bonds. The summed E-state index contributed by atoms with van der Waals surface area (Å²) in [7, 11) is -4.06. The Kier molecular flexibility index (Phi) is 5.45. The maximum Gasteiger partial charge on any atom is 0.295 e. The number of nitro groups is 1. The van der Waals surface area contributed by atoms with Gasteiger partial charge in [0.05, 0.1) is 15.5 Å². The normalized spacial score (nSPS) is 12.0. The Labute approximate surface area is 143 Å². The topological polar surface area (TPSA) is 128 Å². The van der Waals surface area contributed by atoms with Crippen molar-refractivity contribution in [3.8, 4) is 0 Å². The zero-order valence-corrected chi connectivity index (χ0v) is 14.0. The molecule has 10 heteroatoms. The van der Waals surface area contributed by atoms with Crippen LogP contribution in [0, 0.1) is 15.9 Å². The number of hydrogen-bond donors (Lipinski definition) is 2. The number of halogens is 1. The molecular formula is C15H15FN4O4S. The van der Waals surface area contributed by atoms with Gasteiger partial charge < -0.3 is 0 Å². The molecule has 0 aliphatic rings. The van der Waals surface area contributed by atoms with Crippen LogP contribution in [0.1, 0.15) is 18.9 Å². The summed E-state index contributed by atoms with van der Waals surface area (Å²) in [6.07, 6.45) is 0.488. The van der Waals surface area contributed by atoms with Crippen molar-refractivity contribution >= 4 is 27.1 Å². The first-order valence-corrected chi connectivity index (χ1v) is 8.66. The fourth-order valence-corrected chi connectivity index (χ4v) is 2.59. The average molecular weight is 366 g/mol. The molecule has 25 heavy (non-hydrogen) atoms. The van der Waals surface area contributed by atoms with Crippen LogP contribution in [0.3, 0.4) is 0 Å². The highest BCUT2D eigenvalue weighted by atomic mass is 32.2. The van der Waals surface area contributed by atoms with Crippen molar-refractivity contribution in [2.75, 3.05) is 5.43 Å². The van der Waals surface area contributed by atoms with Crippen molar-refractivity contribution in [1.29, 1.82) is 0 Å². The Hall–Kier alpha value is -2.85. The van der Waals surface area contributed by atoms with Crippen molar-refractivity contribution in [2.24, 2.45) is 10.2 Å². The van der Waals surface area contributed by atoms with Gasteiger partial charge in [0.2, 0.25) is 10.0 Å². The fraction of sp³-hybridized carbons (Fsp3) is 0.133. The number of primary sulfonamides is 1. The predicted molar refractivity (Wildman–Crippen MR) is 91.3 cm³/mol. The van der Waals surface area contributed by atoms with Gasteiger partial charge in [-0.3, -0.25) is 15.5 Å². The molecular weight excluding hydrogens is 351 g/mol. The summed E-state index contributed by atoms with van der Waals surface area (Å²) < 4.78 is 35.6. The first-order chi connectivity index (χ1) is 11.7. The molecule has 2 aromatic carbocycles. The Morgan fingerprint density at radius 1 is 1.28 bits per heavy atom. The minimum atomic E-state index is -4.06. The summed E-state index contributed by atoms with van der Waals surface area (Å²) in [5, 5.41) is 20.2. The van der Waals surface area contributed by atoms with E-state index < -0.39 is 20.6 Å². The monoisotopic (exact) mass is 366 g/mol. The largest absolute Gasteiger partial charge is 0.295 e. The highest BCUT2D eigenvalue weighted by molar-refractivity contribution is 7.89. The second kappa shape index (κ2) is 7.36. The molecule has 0 atom stereocenters. The lowest BCUT2D eigenvalue weighted by Gasteiger charge is -2.07. The van der Waals surface area contributed by atoms with E-state index in [-0.39, 0.29) is 16.4 Å². The third-order valence-electron chi connectivity index (χ3n) is 3.32. The van der Waals surface area contributed by atoms with Gasteiger partial charge in [-0.1, -0.05) is 19.1 Å². The summed E-state index contributed by atoms with van der Waals surface area (Å²) >= 11 is 0. The third kappa shape index (κ3) is 4.58. The molecule has 2 rings (SSSR count). The van der Waals surface area contributed by atoms with Crippen molar-refractivity contribution < 1.29 is 17.7 Å². The molecule has 0 saturated carbocycles. The molecule has 0 spiro atoms. The molecule has 0 fully saturated rings. The van der Waals surface area contributed by atoms with Gasteiger partial charge in [-0.25, -0.2) is 17.9 Å². The smallest absolute Gasteiger partial charge is 0.271 e. The summed E-state index contributed by atoms with van der Waals surface area (Å²) in [5.74, 6) is -0.388. The number of nitrogens with zero attached hydrogens (tertiary/aromatic N) is 2. The van der Waals surface area contributed by atoms with E-state index in [1.165, 1.54) is 30.3 Å². The first kappa shape index (κ1) is 18.5. The van der Waals surface area contributed by atoms with E-state index >= 15 is 0 Å². The molecule has 132 valence electrons. The van der Waals surface area contributed by atoms with Gasteiger partial charge in [0.1, 0.15) is 11.5 Å². The number of benzene rings is 2. The molecule has 0 saturated heterocycles. The minimum absolute atomic E-state index is 0.00506. The summed E-state index contributed by atoms with van der Waals surface area (Å²) in [4.78, 5) is 10.1. The quantitative estimate of drug-likeness (QED) is 0.461. The van der Waals surface area contributed by atoms with Gasteiger partial charge in [-0.15, -0.1) is 0 Å². The number of hydrazone groups is 1. The van der Waals surface area contributed by atoms with Crippen LogP contribution >= 0.6 is 0 Å². The van der Waals surface area contributed by atoms with Gasteiger partial charge in [-0.05, 0) is 36.2 Å². The van der Waals surface area contributed by atoms with Crippen molar-refractivity contribution in [2.45, 2.75) is 18.2 Å². The lowest BCUT2D eigenvalue weighted by molar-refractivity contribution is -0.384. The molecule has 2 aromatic rings.